The number of amides is 1. The molecule has 0 aromatic heterocycles. The quantitative estimate of drug-likeness (QED) is 0.888. The lowest BCUT2D eigenvalue weighted by Gasteiger charge is -2.31. The van der Waals surface area contributed by atoms with Crippen LogP contribution in [0.1, 0.15) is 24.8 Å². The van der Waals surface area contributed by atoms with Gasteiger partial charge in [0.25, 0.3) is 0 Å². The fraction of sp³-hybridized carbons (Fsp3) is 0.438. The Morgan fingerprint density at radius 3 is 2.87 bits per heavy atom. The van der Waals surface area contributed by atoms with E-state index in [2.05, 4.69) is 5.32 Å². The maximum atomic E-state index is 13.4. The minimum absolute atomic E-state index is 0.129. The third-order valence-corrected chi connectivity index (χ3v) is 4.99. The van der Waals surface area contributed by atoms with Crippen molar-refractivity contribution in [3.63, 3.8) is 0 Å². The maximum Gasteiger partial charge on any atom is 0.224 e. The average molecular weight is 340 g/mol. The molecule has 1 aromatic carbocycles. The van der Waals surface area contributed by atoms with Gasteiger partial charge in [0.15, 0.2) is 0 Å². The first-order valence-electron chi connectivity index (χ1n) is 7.52. The molecule has 1 fully saturated rings. The number of rotatable bonds is 5. The molecule has 7 heteroatoms. The number of piperidine rings is 1. The molecular weight excluding hydrogens is 319 g/mol. The normalized spacial score (nSPS) is 19.8. The van der Waals surface area contributed by atoms with Crippen LogP contribution in [0.4, 0.5) is 4.39 Å². The Bertz CT molecular complexity index is 688. The fourth-order valence-electron chi connectivity index (χ4n) is 2.55. The van der Waals surface area contributed by atoms with Crippen LogP contribution in [-0.4, -0.2) is 44.0 Å². The number of benzene rings is 1. The molecule has 5 nitrogen and oxygen atoms in total. The van der Waals surface area contributed by atoms with E-state index in [0.717, 1.165) is 12.8 Å². The third kappa shape index (κ3) is 5.44. The summed E-state index contributed by atoms with van der Waals surface area (Å²) in [5, 5.41) is 2.83. The van der Waals surface area contributed by atoms with Crippen molar-refractivity contribution >= 4 is 22.0 Å². The molecule has 1 amide bonds. The van der Waals surface area contributed by atoms with Gasteiger partial charge in [0.1, 0.15) is 5.82 Å². The summed E-state index contributed by atoms with van der Waals surface area (Å²) in [6.07, 6.45) is 5.96. The number of carbonyl (C=O) groups is 1. The van der Waals surface area contributed by atoms with Crippen molar-refractivity contribution in [3.8, 4) is 0 Å². The van der Waals surface area contributed by atoms with Crippen LogP contribution < -0.4 is 5.32 Å². The summed E-state index contributed by atoms with van der Waals surface area (Å²) in [6.45, 7) is 0.806. The van der Waals surface area contributed by atoms with Gasteiger partial charge in [0, 0.05) is 31.1 Å². The lowest BCUT2D eigenvalue weighted by atomic mass is 10.1. The minimum Gasteiger partial charge on any atom is -0.352 e. The van der Waals surface area contributed by atoms with Crippen molar-refractivity contribution in [2.75, 3.05) is 19.3 Å². The van der Waals surface area contributed by atoms with Crippen molar-refractivity contribution in [2.24, 2.45) is 0 Å². The zero-order valence-corrected chi connectivity index (χ0v) is 13.9. The summed E-state index contributed by atoms with van der Waals surface area (Å²) in [5.41, 5.74) is 0.432. The second-order valence-electron chi connectivity index (χ2n) is 5.66. The molecule has 1 unspecified atom stereocenters. The zero-order chi connectivity index (χ0) is 16.9. The van der Waals surface area contributed by atoms with Crippen LogP contribution in [0.3, 0.4) is 0 Å². The molecule has 1 heterocycles. The molecule has 0 bridgehead atoms. The van der Waals surface area contributed by atoms with Crippen molar-refractivity contribution in [3.05, 3.63) is 41.7 Å². The van der Waals surface area contributed by atoms with Gasteiger partial charge in [-0.3, -0.25) is 4.79 Å². The van der Waals surface area contributed by atoms with Gasteiger partial charge in [0.05, 0.1) is 6.26 Å². The van der Waals surface area contributed by atoms with Crippen molar-refractivity contribution in [1.82, 2.24) is 9.62 Å². The molecule has 23 heavy (non-hydrogen) atoms. The highest BCUT2D eigenvalue weighted by Gasteiger charge is 2.26. The summed E-state index contributed by atoms with van der Waals surface area (Å²) in [5.74, 6) is -0.529. The molecule has 0 saturated carbocycles. The SMILES string of the molecule is CS(=O)(=O)N1CCCC(NC(=O)C/C=C/c2ccccc2F)C1. The van der Waals surface area contributed by atoms with Crippen molar-refractivity contribution in [2.45, 2.75) is 25.3 Å². The van der Waals surface area contributed by atoms with Crippen LogP contribution in [0.15, 0.2) is 30.3 Å². The molecule has 1 aliphatic heterocycles. The first-order chi connectivity index (χ1) is 10.9. The van der Waals surface area contributed by atoms with E-state index >= 15 is 0 Å². The summed E-state index contributed by atoms with van der Waals surface area (Å²) >= 11 is 0. The highest BCUT2D eigenvalue weighted by atomic mass is 32.2. The van der Waals surface area contributed by atoms with Gasteiger partial charge in [-0.1, -0.05) is 30.4 Å². The fourth-order valence-corrected chi connectivity index (χ4v) is 3.46. The van der Waals surface area contributed by atoms with Gasteiger partial charge in [-0.2, -0.15) is 0 Å². The topological polar surface area (TPSA) is 66.5 Å². The Morgan fingerprint density at radius 2 is 2.17 bits per heavy atom. The smallest absolute Gasteiger partial charge is 0.224 e. The molecule has 0 radical (unpaired) electrons. The molecule has 1 atom stereocenters. The Kier molecular flexibility index (Phi) is 5.90. The van der Waals surface area contributed by atoms with E-state index in [1.165, 1.54) is 16.6 Å². The van der Waals surface area contributed by atoms with Gasteiger partial charge in [-0.05, 0) is 18.9 Å². The monoisotopic (exact) mass is 340 g/mol. The van der Waals surface area contributed by atoms with Gasteiger partial charge in [-0.15, -0.1) is 0 Å². The standard InChI is InChI=1S/C16H21FN2O3S/c1-23(21,22)19-11-5-8-14(12-19)18-16(20)10-4-7-13-6-2-3-9-15(13)17/h2-4,6-7,9,14H,5,8,10-12H2,1H3,(H,18,20)/b7-4+. The van der Waals surface area contributed by atoms with E-state index in [1.807, 2.05) is 0 Å². The number of hydrogen-bond acceptors (Lipinski definition) is 3. The summed E-state index contributed by atoms with van der Waals surface area (Å²) < 4.78 is 37.9. The highest BCUT2D eigenvalue weighted by molar-refractivity contribution is 7.88. The Hall–Kier alpha value is -1.73. The van der Waals surface area contributed by atoms with E-state index in [1.54, 1.807) is 30.4 Å². The number of halogens is 1. The Morgan fingerprint density at radius 1 is 1.43 bits per heavy atom. The van der Waals surface area contributed by atoms with E-state index in [0.29, 0.717) is 18.7 Å². The van der Waals surface area contributed by atoms with Crippen LogP contribution in [-0.2, 0) is 14.8 Å². The summed E-state index contributed by atoms with van der Waals surface area (Å²) in [7, 11) is -3.23. The van der Waals surface area contributed by atoms with Gasteiger partial charge in [0.2, 0.25) is 15.9 Å². The van der Waals surface area contributed by atoms with Crippen molar-refractivity contribution in [1.29, 1.82) is 0 Å². The molecule has 1 N–H and O–H groups in total. The van der Waals surface area contributed by atoms with Crippen LogP contribution in [0.5, 0.6) is 0 Å². The number of carbonyl (C=O) groups excluding carboxylic acids is 1. The van der Waals surface area contributed by atoms with E-state index < -0.39 is 10.0 Å². The minimum atomic E-state index is -3.23. The predicted molar refractivity (Wildman–Crippen MR) is 87.6 cm³/mol. The molecule has 0 aliphatic carbocycles. The lowest BCUT2D eigenvalue weighted by Crippen LogP contribution is -2.49. The molecule has 0 spiro atoms. The van der Waals surface area contributed by atoms with E-state index in [4.69, 9.17) is 0 Å². The largest absolute Gasteiger partial charge is 0.352 e. The highest BCUT2D eigenvalue weighted by Crippen LogP contribution is 2.13. The molecular formula is C16H21FN2O3S. The lowest BCUT2D eigenvalue weighted by molar-refractivity contribution is -0.121. The Labute approximate surface area is 136 Å². The van der Waals surface area contributed by atoms with Crippen LogP contribution in [0.25, 0.3) is 6.08 Å². The molecule has 126 valence electrons. The van der Waals surface area contributed by atoms with Gasteiger partial charge >= 0.3 is 0 Å². The Balaban J connectivity index is 1.84. The average Bonchev–Trinajstić information content (AvgIpc) is 2.48. The predicted octanol–water partition coefficient (Wildman–Crippen LogP) is 1.77. The number of hydrogen-bond donors (Lipinski definition) is 1. The molecule has 1 saturated heterocycles. The van der Waals surface area contributed by atoms with E-state index in [9.17, 15) is 17.6 Å². The van der Waals surface area contributed by atoms with Crippen LogP contribution in [0.2, 0.25) is 0 Å². The number of nitrogens with one attached hydrogen (secondary N) is 1. The van der Waals surface area contributed by atoms with E-state index in [-0.39, 0.29) is 24.2 Å². The zero-order valence-electron chi connectivity index (χ0n) is 13.0. The number of nitrogens with zero attached hydrogens (tertiary/aromatic N) is 1. The number of sulfonamides is 1. The first-order valence-corrected chi connectivity index (χ1v) is 9.36. The van der Waals surface area contributed by atoms with Gasteiger partial charge < -0.3 is 5.32 Å². The maximum absolute atomic E-state index is 13.4. The molecule has 1 aromatic rings. The summed E-state index contributed by atoms with van der Waals surface area (Å²) in [6, 6.07) is 6.16. The second kappa shape index (κ2) is 7.70. The molecule has 1 aliphatic rings. The van der Waals surface area contributed by atoms with Crippen molar-refractivity contribution < 1.29 is 17.6 Å². The summed E-state index contributed by atoms with van der Waals surface area (Å²) in [4.78, 5) is 11.9. The van der Waals surface area contributed by atoms with Crippen LogP contribution >= 0.6 is 0 Å². The van der Waals surface area contributed by atoms with Gasteiger partial charge in [-0.25, -0.2) is 17.1 Å². The van der Waals surface area contributed by atoms with Crippen LogP contribution in [0, 0.1) is 5.82 Å². The molecule has 2 rings (SSSR count). The second-order valence-corrected chi connectivity index (χ2v) is 7.64. The third-order valence-electron chi connectivity index (χ3n) is 3.72. The first kappa shape index (κ1) is 17.6.